The van der Waals surface area contributed by atoms with E-state index in [2.05, 4.69) is 13.2 Å². The Morgan fingerprint density at radius 3 is 2.32 bits per heavy atom. The molecule has 4 nitrogen and oxygen atoms in total. The summed E-state index contributed by atoms with van der Waals surface area (Å²) in [5.74, 6) is -0.815. The molecule has 1 aromatic rings. The Hall–Kier alpha value is -1.66. The van der Waals surface area contributed by atoms with Crippen molar-refractivity contribution in [2.75, 3.05) is 18.8 Å². The van der Waals surface area contributed by atoms with E-state index in [0.29, 0.717) is 5.56 Å². The van der Waals surface area contributed by atoms with Crippen LogP contribution >= 0.6 is 0 Å². The van der Waals surface area contributed by atoms with Gasteiger partial charge in [0.2, 0.25) is 10.0 Å². The molecule has 2 N–H and O–H groups in total. The number of halogens is 1. The highest BCUT2D eigenvalue weighted by atomic mass is 32.2. The second-order valence-corrected chi connectivity index (χ2v) is 5.94. The summed E-state index contributed by atoms with van der Waals surface area (Å²) in [6, 6.07) is 2.25. The van der Waals surface area contributed by atoms with Crippen LogP contribution in [0.2, 0.25) is 0 Å². The lowest BCUT2D eigenvalue weighted by Crippen LogP contribution is -2.32. The summed E-state index contributed by atoms with van der Waals surface area (Å²) < 4.78 is 39.6. The Bertz CT molecular complexity index is 587. The maximum Gasteiger partial charge on any atom is 0.246 e. The molecule has 0 heterocycles. The van der Waals surface area contributed by atoms with Gasteiger partial charge in [0.05, 0.1) is 0 Å². The van der Waals surface area contributed by atoms with Crippen LogP contribution in [0.5, 0.6) is 0 Å². The van der Waals surface area contributed by atoms with Gasteiger partial charge in [0.1, 0.15) is 10.7 Å². The molecule has 0 saturated heterocycles. The van der Waals surface area contributed by atoms with Crippen LogP contribution in [-0.2, 0) is 10.0 Å². The molecule has 0 atom stereocenters. The predicted molar refractivity (Wildman–Crippen MR) is 74.7 cm³/mol. The van der Waals surface area contributed by atoms with E-state index in [1.165, 1.54) is 12.2 Å². The number of benzene rings is 1. The van der Waals surface area contributed by atoms with Crippen molar-refractivity contribution < 1.29 is 12.8 Å². The van der Waals surface area contributed by atoms with E-state index in [1.807, 2.05) is 0 Å². The van der Waals surface area contributed by atoms with Crippen LogP contribution in [-0.4, -0.2) is 25.8 Å². The molecule has 0 amide bonds. The molecule has 0 fully saturated rings. The van der Waals surface area contributed by atoms with Crippen molar-refractivity contribution in [1.29, 1.82) is 0 Å². The molecular weight excluding hydrogens is 267 g/mol. The molecule has 0 radical (unpaired) electrons. The van der Waals surface area contributed by atoms with Crippen LogP contribution in [0, 0.1) is 12.7 Å². The summed E-state index contributed by atoms with van der Waals surface area (Å²) in [6.07, 6.45) is 2.85. The van der Waals surface area contributed by atoms with E-state index in [0.717, 1.165) is 16.4 Å². The Labute approximate surface area is 113 Å². The van der Waals surface area contributed by atoms with Crippen molar-refractivity contribution in [2.45, 2.75) is 11.8 Å². The fourth-order valence-electron chi connectivity index (χ4n) is 1.56. The molecule has 19 heavy (non-hydrogen) atoms. The maximum absolute atomic E-state index is 13.9. The smallest absolute Gasteiger partial charge is 0.246 e. The average molecular weight is 284 g/mol. The second-order valence-electron chi connectivity index (χ2n) is 4.04. The molecule has 0 aromatic heterocycles. The third-order valence-electron chi connectivity index (χ3n) is 2.60. The highest BCUT2D eigenvalue weighted by Gasteiger charge is 2.26. The first-order valence-electron chi connectivity index (χ1n) is 5.62. The van der Waals surface area contributed by atoms with Gasteiger partial charge >= 0.3 is 0 Å². The van der Waals surface area contributed by atoms with Gasteiger partial charge in [0.15, 0.2) is 0 Å². The van der Waals surface area contributed by atoms with Crippen molar-refractivity contribution >= 4 is 15.7 Å². The van der Waals surface area contributed by atoms with Gasteiger partial charge in [-0.1, -0.05) is 12.2 Å². The Balaban J connectivity index is 3.36. The van der Waals surface area contributed by atoms with Crippen molar-refractivity contribution in [3.8, 4) is 0 Å². The molecule has 0 bridgehead atoms. The molecule has 0 aliphatic rings. The Kier molecular flexibility index (Phi) is 4.85. The number of nitrogen functional groups attached to an aromatic ring is 1. The maximum atomic E-state index is 13.9. The first kappa shape index (κ1) is 15.4. The molecule has 1 rings (SSSR count). The quantitative estimate of drug-likeness (QED) is 0.642. The van der Waals surface area contributed by atoms with E-state index in [9.17, 15) is 12.8 Å². The van der Waals surface area contributed by atoms with Gasteiger partial charge in [0.25, 0.3) is 0 Å². The summed E-state index contributed by atoms with van der Waals surface area (Å²) in [4.78, 5) is -0.431. The van der Waals surface area contributed by atoms with E-state index in [1.54, 1.807) is 6.92 Å². The Morgan fingerprint density at radius 1 is 1.32 bits per heavy atom. The number of aryl methyl sites for hydroxylation is 1. The largest absolute Gasteiger partial charge is 0.398 e. The van der Waals surface area contributed by atoms with Crippen molar-refractivity contribution in [2.24, 2.45) is 0 Å². The zero-order chi connectivity index (χ0) is 14.6. The molecule has 0 spiro atoms. The SMILES string of the molecule is C=CCN(CC=C)S(=O)(=O)c1cc(N)c(C)cc1F. The van der Waals surface area contributed by atoms with Crippen LogP contribution in [0.15, 0.2) is 42.3 Å². The summed E-state index contributed by atoms with van der Waals surface area (Å²) in [5, 5.41) is 0. The summed E-state index contributed by atoms with van der Waals surface area (Å²) in [5.41, 5.74) is 6.37. The second kappa shape index (κ2) is 5.99. The van der Waals surface area contributed by atoms with Gasteiger partial charge in [-0.05, 0) is 24.6 Å². The fraction of sp³-hybridized carbons (Fsp3) is 0.231. The first-order chi connectivity index (χ1) is 8.84. The van der Waals surface area contributed by atoms with Crippen LogP contribution in [0.4, 0.5) is 10.1 Å². The highest BCUT2D eigenvalue weighted by Crippen LogP contribution is 2.24. The van der Waals surface area contributed by atoms with E-state index < -0.39 is 20.7 Å². The number of nitrogens with two attached hydrogens (primary N) is 1. The number of sulfonamides is 1. The number of rotatable bonds is 6. The average Bonchev–Trinajstić information content (AvgIpc) is 2.33. The summed E-state index contributed by atoms with van der Waals surface area (Å²) >= 11 is 0. The van der Waals surface area contributed by atoms with Crippen molar-refractivity contribution in [3.63, 3.8) is 0 Å². The molecule has 1 aromatic carbocycles. The lowest BCUT2D eigenvalue weighted by atomic mass is 10.2. The summed E-state index contributed by atoms with van der Waals surface area (Å²) in [6.45, 7) is 8.72. The van der Waals surface area contributed by atoms with Crippen molar-refractivity contribution in [1.82, 2.24) is 4.31 Å². The predicted octanol–water partition coefficient (Wildman–Crippen LogP) is 2.08. The van der Waals surface area contributed by atoms with Gasteiger partial charge in [-0.15, -0.1) is 13.2 Å². The summed E-state index contributed by atoms with van der Waals surface area (Å²) in [7, 11) is -3.96. The van der Waals surface area contributed by atoms with Gasteiger partial charge in [-0.3, -0.25) is 0 Å². The highest BCUT2D eigenvalue weighted by molar-refractivity contribution is 7.89. The topological polar surface area (TPSA) is 63.4 Å². The number of anilines is 1. The van der Waals surface area contributed by atoms with Crippen molar-refractivity contribution in [3.05, 3.63) is 48.8 Å². The molecule has 104 valence electrons. The van der Waals surface area contributed by atoms with Gasteiger partial charge in [0, 0.05) is 18.8 Å². The fourth-order valence-corrected chi connectivity index (χ4v) is 3.03. The Morgan fingerprint density at radius 2 is 1.84 bits per heavy atom. The standard InChI is InChI=1S/C13H17FN2O2S/c1-4-6-16(7-5-2)19(17,18)13-9-12(15)10(3)8-11(13)14/h4-5,8-9H,1-2,6-7,15H2,3H3. The zero-order valence-electron chi connectivity index (χ0n) is 10.8. The normalized spacial score (nSPS) is 11.5. The molecule has 0 aliphatic carbocycles. The lowest BCUT2D eigenvalue weighted by Gasteiger charge is -2.20. The van der Waals surface area contributed by atoms with Gasteiger partial charge in [-0.2, -0.15) is 4.31 Å². The van der Waals surface area contributed by atoms with Gasteiger partial charge < -0.3 is 5.73 Å². The number of hydrogen-bond acceptors (Lipinski definition) is 3. The third kappa shape index (κ3) is 3.21. The molecule has 0 unspecified atom stereocenters. The minimum absolute atomic E-state index is 0.0710. The molecule has 0 aliphatic heterocycles. The zero-order valence-corrected chi connectivity index (χ0v) is 11.6. The van der Waals surface area contributed by atoms with Gasteiger partial charge in [-0.25, -0.2) is 12.8 Å². The van der Waals surface area contributed by atoms with E-state index in [-0.39, 0.29) is 18.8 Å². The number of nitrogens with zero attached hydrogens (tertiary/aromatic N) is 1. The molecular formula is C13H17FN2O2S. The van der Waals surface area contributed by atoms with Crippen LogP contribution in [0.25, 0.3) is 0 Å². The van der Waals surface area contributed by atoms with Crippen LogP contribution in [0.1, 0.15) is 5.56 Å². The molecule has 6 heteroatoms. The lowest BCUT2D eigenvalue weighted by molar-refractivity contribution is 0.467. The van der Waals surface area contributed by atoms with Crippen LogP contribution < -0.4 is 5.73 Å². The first-order valence-corrected chi connectivity index (χ1v) is 7.06. The molecule has 0 saturated carbocycles. The van der Waals surface area contributed by atoms with E-state index >= 15 is 0 Å². The number of hydrogen-bond donors (Lipinski definition) is 1. The monoisotopic (exact) mass is 284 g/mol. The minimum Gasteiger partial charge on any atom is -0.398 e. The third-order valence-corrected chi connectivity index (χ3v) is 4.45. The van der Waals surface area contributed by atoms with E-state index in [4.69, 9.17) is 5.73 Å². The minimum atomic E-state index is -3.96. The van der Waals surface area contributed by atoms with Crippen LogP contribution in [0.3, 0.4) is 0 Å².